The van der Waals surface area contributed by atoms with Gasteiger partial charge in [-0.3, -0.25) is 13.8 Å². The predicted molar refractivity (Wildman–Crippen MR) is 136 cm³/mol. The van der Waals surface area contributed by atoms with Crippen molar-refractivity contribution >= 4 is 28.8 Å². The summed E-state index contributed by atoms with van der Waals surface area (Å²) in [5, 5.41) is 5.40. The average molecular weight is 544 g/mol. The minimum absolute atomic E-state index is 0.0882. The third kappa shape index (κ3) is 5.14. The number of pyridine rings is 1. The molecule has 5 rings (SSSR count). The van der Waals surface area contributed by atoms with Gasteiger partial charge in [-0.15, -0.1) is 0 Å². The lowest BCUT2D eigenvalue weighted by molar-refractivity contribution is 0.247. The number of aromatic nitrogens is 1. The highest BCUT2D eigenvalue weighted by Crippen LogP contribution is 2.55. The van der Waals surface area contributed by atoms with Crippen molar-refractivity contribution in [3.8, 4) is 17.2 Å². The highest BCUT2D eigenvalue weighted by molar-refractivity contribution is 7.80. The molecule has 9 nitrogen and oxygen atoms in total. The number of hydrogen-bond acceptors (Lipinski definition) is 6. The first kappa shape index (κ1) is 25.9. The minimum Gasteiger partial charge on any atom is -0.755 e. The van der Waals surface area contributed by atoms with Crippen molar-refractivity contribution in [3.63, 3.8) is 0 Å². The predicted octanol–water partition coefficient (Wildman–Crippen LogP) is 4.85. The van der Waals surface area contributed by atoms with Gasteiger partial charge in [0.2, 0.25) is 0 Å². The quantitative estimate of drug-likeness (QED) is 0.430. The van der Waals surface area contributed by atoms with Crippen molar-refractivity contribution in [2.75, 3.05) is 16.2 Å². The summed E-state index contributed by atoms with van der Waals surface area (Å²) in [6.45, 7) is 5.57. The zero-order valence-electron chi connectivity index (χ0n) is 20.7. The second kappa shape index (κ2) is 9.84. The van der Waals surface area contributed by atoms with Crippen LogP contribution in [0.4, 0.5) is 25.1 Å². The van der Waals surface area contributed by atoms with Crippen LogP contribution in [0.15, 0.2) is 54.7 Å². The summed E-state index contributed by atoms with van der Waals surface area (Å²) in [5.74, 6) is -0.604. The van der Waals surface area contributed by atoms with Gasteiger partial charge >= 0.3 is 6.03 Å². The topological polar surface area (TPSA) is 116 Å². The van der Waals surface area contributed by atoms with E-state index in [1.165, 1.54) is 10.5 Å². The fraction of sp³-hybridized carbons (Fsp3) is 0.308. The van der Waals surface area contributed by atoms with Crippen molar-refractivity contribution in [3.05, 3.63) is 71.9 Å². The van der Waals surface area contributed by atoms with E-state index in [0.717, 1.165) is 12.1 Å². The molecule has 1 aliphatic carbocycles. The van der Waals surface area contributed by atoms with Gasteiger partial charge in [-0.1, -0.05) is 0 Å². The monoisotopic (exact) mass is 543 g/mol. The number of nitrogens with zero attached hydrogens (tertiary/aromatic N) is 2. The first-order valence-electron chi connectivity index (χ1n) is 11.8. The smallest absolute Gasteiger partial charge is 0.320 e. The summed E-state index contributed by atoms with van der Waals surface area (Å²) in [4.78, 5) is 16.7. The van der Waals surface area contributed by atoms with Crippen LogP contribution >= 0.6 is 0 Å². The Balaban J connectivity index is 1.17. The number of urea groups is 1. The molecule has 0 spiro atoms. The normalized spacial score (nSPS) is 20.3. The summed E-state index contributed by atoms with van der Waals surface area (Å²) in [7, 11) is 0. The zero-order chi connectivity index (χ0) is 27.2. The number of carbonyl (C=O) groups is 1. The first-order chi connectivity index (χ1) is 18.0. The van der Waals surface area contributed by atoms with Gasteiger partial charge in [-0.2, -0.15) is 0 Å². The van der Waals surface area contributed by atoms with E-state index >= 15 is 0 Å². The molecule has 2 amide bonds. The molecule has 3 aromatic rings. The van der Waals surface area contributed by atoms with Crippen molar-refractivity contribution in [1.82, 2.24) is 10.3 Å². The number of hydrogen-bond donors (Lipinski definition) is 2. The molecular weight excluding hydrogens is 518 g/mol. The lowest BCUT2D eigenvalue weighted by Crippen LogP contribution is -2.42. The number of benzene rings is 2. The van der Waals surface area contributed by atoms with Gasteiger partial charge in [0, 0.05) is 45.9 Å². The lowest BCUT2D eigenvalue weighted by atomic mass is 10.0. The van der Waals surface area contributed by atoms with Gasteiger partial charge in [-0.05, 0) is 69.3 Å². The summed E-state index contributed by atoms with van der Waals surface area (Å²) < 4.78 is 64.0. The van der Waals surface area contributed by atoms with Gasteiger partial charge in [0.15, 0.2) is 11.6 Å². The Morgan fingerprint density at radius 1 is 1.11 bits per heavy atom. The molecule has 0 radical (unpaired) electrons. The first-order valence-corrected chi connectivity index (χ1v) is 12.9. The van der Waals surface area contributed by atoms with E-state index in [1.807, 2.05) is 0 Å². The fourth-order valence-electron chi connectivity index (χ4n) is 4.66. The maximum absolute atomic E-state index is 14.3. The van der Waals surface area contributed by atoms with Crippen LogP contribution in [-0.2, 0) is 11.3 Å². The Morgan fingerprint density at radius 3 is 2.42 bits per heavy atom. The molecule has 1 aliphatic heterocycles. The third-order valence-corrected chi connectivity index (χ3v) is 7.41. The van der Waals surface area contributed by atoms with E-state index in [2.05, 4.69) is 15.6 Å². The fourth-order valence-corrected chi connectivity index (χ4v) is 5.40. The van der Waals surface area contributed by atoms with Crippen molar-refractivity contribution < 1.29 is 31.8 Å². The Hall–Kier alpha value is -3.77. The van der Waals surface area contributed by atoms with Crippen molar-refractivity contribution in [2.24, 2.45) is 5.92 Å². The molecule has 0 saturated heterocycles. The zero-order valence-corrected chi connectivity index (χ0v) is 21.6. The van der Waals surface area contributed by atoms with Crippen LogP contribution in [-0.4, -0.2) is 38.0 Å². The molecule has 1 unspecified atom stereocenters. The molecule has 200 valence electrons. The molecule has 0 bridgehead atoms. The number of ether oxygens (including phenoxy) is 2. The van der Waals surface area contributed by atoms with Crippen LogP contribution < -0.4 is 24.4 Å². The van der Waals surface area contributed by atoms with E-state index in [9.17, 15) is 22.3 Å². The average Bonchev–Trinajstić information content (AvgIpc) is 3.55. The number of fused-ring (bicyclic) bond motifs is 3. The molecule has 2 N–H and O–H groups in total. The molecule has 2 aliphatic rings. The van der Waals surface area contributed by atoms with E-state index in [4.69, 9.17) is 9.47 Å². The van der Waals surface area contributed by atoms with Gasteiger partial charge in [0.05, 0.1) is 12.8 Å². The van der Waals surface area contributed by atoms with Crippen LogP contribution in [0.25, 0.3) is 0 Å². The van der Waals surface area contributed by atoms with Crippen LogP contribution in [0.1, 0.15) is 32.3 Å². The number of amides is 2. The Bertz CT molecular complexity index is 1380. The van der Waals surface area contributed by atoms with Crippen LogP contribution in [0, 0.1) is 17.6 Å². The van der Waals surface area contributed by atoms with E-state index < -0.39 is 34.5 Å². The molecule has 1 aromatic heterocycles. The van der Waals surface area contributed by atoms with Crippen LogP contribution in [0.5, 0.6) is 17.2 Å². The lowest BCUT2D eigenvalue weighted by Gasteiger charge is -2.38. The SMILES string of the molecule is CC(C)(C)N(c1ccc(Oc2ccc(NC(=O)N[C@@H]3[C@@H]4COc5c(F)ccc(F)c5[C@@H]43)nc2)cc1)S(=O)[O-]. The minimum atomic E-state index is -2.44. The third-order valence-electron chi connectivity index (χ3n) is 6.36. The molecule has 1 fully saturated rings. The molecule has 12 heteroatoms. The van der Waals surface area contributed by atoms with E-state index in [0.29, 0.717) is 17.2 Å². The standard InChI is InChI=1S/C26H26F2N4O5S/c1-26(2,3)32(38(34)35)14-4-6-15(7-5-14)37-16-8-11-20(29-12-16)30-25(33)31-23-17-13-36-24-19(28)10-9-18(27)22(24)21(17)23/h4-12,17,21,23H,13H2,1-3H3,(H,34,35)(H2,29,30,31,33)/p-1/t17-,21-,23-/m1/s1. The molecule has 1 saturated carbocycles. The maximum Gasteiger partial charge on any atom is 0.320 e. The van der Waals surface area contributed by atoms with Gasteiger partial charge in [0.1, 0.15) is 23.1 Å². The molecular formula is C26H25F2N4O5S-. The van der Waals surface area contributed by atoms with E-state index in [-0.39, 0.29) is 41.6 Å². The summed E-state index contributed by atoms with van der Waals surface area (Å²) >= 11 is -2.44. The Labute approximate surface area is 220 Å². The molecule has 4 atom stereocenters. The van der Waals surface area contributed by atoms with Crippen molar-refractivity contribution in [2.45, 2.75) is 38.3 Å². The van der Waals surface area contributed by atoms with Gasteiger partial charge in [0.25, 0.3) is 0 Å². The van der Waals surface area contributed by atoms with Gasteiger partial charge in [-0.25, -0.2) is 18.6 Å². The summed E-state index contributed by atoms with van der Waals surface area (Å²) in [6.07, 6.45) is 1.43. The van der Waals surface area contributed by atoms with Gasteiger partial charge < -0.3 is 19.3 Å². The molecule has 2 aromatic carbocycles. The summed E-state index contributed by atoms with van der Waals surface area (Å²) in [6, 6.07) is 10.9. The number of anilines is 2. The second-order valence-corrected chi connectivity index (χ2v) is 10.9. The Kier molecular flexibility index (Phi) is 6.70. The largest absolute Gasteiger partial charge is 0.755 e. The number of rotatable bonds is 6. The summed E-state index contributed by atoms with van der Waals surface area (Å²) in [5.41, 5.74) is 0.0321. The maximum atomic E-state index is 14.3. The highest BCUT2D eigenvalue weighted by Gasteiger charge is 2.57. The Morgan fingerprint density at radius 2 is 1.79 bits per heavy atom. The second-order valence-electron chi connectivity index (χ2n) is 10.1. The van der Waals surface area contributed by atoms with Crippen molar-refractivity contribution in [1.29, 1.82) is 0 Å². The van der Waals surface area contributed by atoms with Crippen LogP contribution in [0.2, 0.25) is 0 Å². The van der Waals surface area contributed by atoms with E-state index in [1.54, 1.807) is 57.2 Å². The number of nitrogens with one attached hydrogen (secondary N) is 2. The highest BCUT2D eigenvalue weighted by atomic mass is 32.2. The number of halogens is 2. The number of carbonyl (C=O) groups excluding carboxylic acids is 1. The molecule has 38 heavy (non-hydrogen) atoms. The molecule has 2 heterocycles. The van der Waals surface area contributed by atoms with Crippen LogP contribution in [0.3, 0.4) is 0 Å².